The maximum atomic E-state index is 12.7. The monoisotopic (exact) mass is 288 g/mol. The molecule has 106 valence electrons. The summed E-state index contributed by atoms with van der Waals surface area (Å²) in [5.41, 5.74) is 6.54. The lowest BCUT2D eigenvalue weighted by Gasteiger charge is -2.34. The number of rotatable bonds is 1. The van der Waals surface area contributed by atoms with Gasteiger partial charge in [0.2, 0.25) is 0 Å². The molecule has 0 aliphatic carbocycles. The van der Waals surface area contributed by atoms with E-state index in [1.807, 2.05) is 29.2 Å². The molecule has 3 nitrogen and oxygen atoms in total. The van der Waals surface area contributed by atoms with Gasteiger partial charge in [-0.15, -0.1) is 11.3 Å². The van der Waals surface area contributed by atoms with Crippen LogP contribution in [0.25, 0.3) is 10.1 Å². The summed E-state index contributed by atoms with van der Waals surface area (Å²) in [4.78, 5) is 15.5. The maximum Gasteiger partial charge on any atom is 0.263 e. The van der Waals surface area contributed by atoms with Gasteiger partial charge in [0, 0.05) is 23.5 Å². The Hall–Kier alpha value is -1.55. The van der Waals surface area contributed by atoms with Crippen molar-refractivity contribution in [2.24, 2.45) is 11.8 Å². The SMILES string of the molecule is CC1CC(C)CN(C(=O)c2cc3cc(N)ccc3s2)C1. The Kier molecular flexibility index (Phi) is 3.42. The van der Waals surface area contributed by atoms with Crippen molar-refractivity contribution >= 4 is 33.0 Å². The summed E-state index contributed by atoms with van der Waals surface area (Å²) in [5.74, 6) is 1.35. The van der Waals surface area contributed by atoms with E-state index in [9.17, 15) is 4.79 Å². The van der Waals surface area contributed by atoms with Gasteiger partial charge in [-0.2, -0.15) is 0 Å². The molecule has 2 atom stereocenters. The second-order valence-corrected chi connectivity index (χ2v) is 7.15. The fraction of sp³-hybridized carbons (Fsp3) is 0.438. The zero-order valence-electron chi connectivity index (χ0n) is 11.9. The van der Waals surface area contributed by atoms with Crippen LogP contribution in [0.2, 0.25) is 0 Å². The van der Waals surface area contributed by atoms with E-state index in [0.29, 0.717) is 11.8 Å². The highest BCUT2D eigenvalue weighted by atomic mass is 32.1. The molecule has 2 aromatic rings. The second kappa shape index (κ2) is 5.09. The van der Waals surface area contributed by atoms with E-state index < -0.39 is 0 Å². The number of anilines is 1. The first-order valence-electron chi connectivity index (χ1n) is 7.11. The Morgan fingerprint density at radius 2 is 1.95 bits per heavy atom. The Labute approximate surface area is 123 Å². The van der Waals surface area contributed by atoms with Gasteiger partial charge in [0.05, 0.1) is 4.88 Å². The molecule has 2 unspecified atom stereocenters. The minimum absolute atomic E-state index is 0.170. The highest BCUT2D eigenvalue weighted by Gasteiger charge is 2.26. The molecule has 3 rings (SSSR count). The molecule has 4 heteroatoms. The van der Waals surface area contributed by atoms with E-state index in [4.69, 9.17) is 5.73 Å². The van der Waals surface area contributed by atoms with Gasteiger partial charge >= 0.3 is 0 Å². The third-order valence-electron chi connectivity index (χ3n) is 3.91. The smallest absolute Gasteiger partial charge is 0.263 e. The molecule has 1 aromatic heterocycles. The van der Waals surface area contributed by atoms with Crippen LogP contribution >= 0.6 is 11.3 Å². The van der Waals surface area contributed by atoms with Gasteiger partial charge in [0.25, 0.3) is 5.91 Å². The molecule has 1 aliphatic heterocycles. The second-order valence-electron chi connectivity index (χ2n) is 6.06. The number of carbonyl (C=O) groups excluding carboxylic acids is 1. The van der Waals surface area contributed by atoms with E-state index >= 15 is 0 Å². The molecular formula is C16H20N2OS. The Morgan fingerprint density at radius 3 is 2.65 bits per heavy atom. The quantitative estimate of drug-likeness (QED) is 0.815. The van der Waals surface area contributed by atoms with Crippen LogP contribution < -0.4 is 5.73 Å². The summed E-state index contributed by atoms with van der Waals surface area (Å²) >= 11 is 1.56. The van der Waals surface area contributed by atoms with E-state index in [2.05, 4.69) is 13.8 Å². The van der Waals surface area contributed by atoms with Crippen LogP contribution in [0.1, 0.15) is 29.9 Å². The molecule has 1 amide bonds. The predicted molar refractivity (Wildman–Crippen MR) is 85.1 cm³/mol. The zero-order valence-corrected chi connectivity index (χ0v) is 12.7. The van der Waals surface area contributed by atoms with Gasteiger partial charge in [-0.1, -0.05) is 13.8 Å². The number of likely N-dealkylation sites (tertiary alicyclic amines) is 1. The third kappa shape index (κ3) is 2.52. The lowest BCUT2D eigenvalue weighted by atomic mass is 9.92. The molecule has 0 radical (unpaired) electrons. The van der Waals surface area contributed by atoms with Crippen molar-refractivity contribution in [2.75, 3.05) is 18.8 Å². The molecule has 20 heavy (non-hydrogen) atoms. The molecule has 1 fully saturated rings. The van der Waals surface area contributed by atoms with Crippen molar-refractivity contribution in [3.05, 3.63) is 29.1 Å². The summed E-state index contributed by atoms with van der Waals surface area (Å²) in [6.45, 7) is 6.20. The van der Waals surface area contributed by atoms with Crippen LogP contribution in [0.5, 0.6) is 0 Å². The lowest BCUT2D eigenvalue weighted by Crippen LogP contribution is -2.42. The van der Waals surface area contributed by atoms with Gasteiger partial charge in [-0.3, -0.25) is 4.79 Å². The molecule has 0 saturated carbocycles. The Bertz CT molecular complexity index is 639. The van der Waals surface area contributed by atoms with Crippen LogP contribution in [-0.2, 0) is 0 Å². The van der Waals surface area contributed by atoms with Gasteiger partial charge in [-0.05, 0) is 47.9 Å². The average Bonchev–Trinajstić information content (AvgIpc) is 2.79. The first-order chi connectivity index (χ1) is 9.52. The number of hydrogen-bond acceptors (Lipinski definition) is 3. The number of nitrogen functional groups attached to an aromatic ring is 1. The fourth-order valence-electron chi connectivity index (χ4n) is 3.15. The summed E-state index contributed by atoms with van der Waals surface area (Å²) in [6, 6.07) is 7.79. The summed E-state index contributed by atoms with van der Waals surface area (Å²) in [6.07, 6.45) is 1.22. The van der Waals surface area contributed by atoms with Crippen molar-refractivity contribution < 1.29 is 4.79 Å². The highest BCUT2D eigenvalue weighted by molar-refractivity contribution is 7.20. The first-order valence-corrected chi connectivity index (χ1v) is 7.93. The third-order valence-corrected chi connectivity index (χ3v) is 5.01. The minimum Gasteiger partial charge on any atom is -0.399 e. The van der Waals surface area contributed by atoms with E-state index in [0.717, 1.165) is 33.7 Å². The van der Waals surface area contributed by atoms with Crippen LogP contribution in [-0.4, -0.2) is 23.9 Å². The number of thiophene rings is 1. The number of amides is 1. The van der Waals surface area contributed by atoms with Crippen LogP contribution in [0.15, 0.2) is 24.3 Å². The predicted octanol–water partition coefficient (Wildman–Crippen LogP) is 3.60. The number of piperidine rings is 1. The van der Waals surface area contributed by atoms with Gasteiger partial charge in [0.1, 0.15) is 0 Å². The summed E-state index contributed by atoms with van der Waals surface area (Å²) < 4.78 is 1.13. The molecule has 1 aliphatic rings. The average molecular weight is 288 g/mol. The molecule has 1 aromatic carbocycles. The number of nitrogens with zero attached hydrogens (tertiary/aromatic N) is 1. The Morgan fingerprint density at radius 1 is 1.25 bits per heavy atom. The fourth-order valence-corrected chi connectivity index (χ4v) is 4.16. The van der Waals surface area contributed by atoms with Crippen LogP contribution in [0.4, 0.5) is 5.69 Å². The van der Waals surface area contributed by atoms with Gasteiger partial charge in [-0.25, -0.2) is 0 Å². The van der Waals surface area contributed by atoms with Gasteiger partial charge < -0.3 is 10.6 Å². The highest BCUT2D eigenvalue weighted by Crippen LogP contribution is 2.30. The van der Waals surface area contributed by atoms with E-state index in [-0.39, 0.29) is 5.91 Å². The standard InChI is InChI=1S/C16H20N2OS/c1-10-5-11(2)9-18(8-10)16(19)15-7-12-6-13(17)3-4-14(12)20-15/h3-4,6-7,10-11H,5,8-9,17H2,1-2H3. The first kappa shape index (κ1) is 13.4. The van der Waals surface area contributed by atoms with Crippen LogP contribution in [0.3, 0.4) is 0 Å². The van der Waals surface area contributed by atoms with E-state index in [1.54, 1.807) is 11.3 Å². The maximum absolute atomic E-state index is 12.7. The van der Waals surface area contributed by atoms with Crippen LogP contribution in [0, 0.1) is 11.8 Å². The van der Waals surface area contributed by atoms with Crippen molar-refractivity contribution in [1.82, 2.24) is 4.90 Å². The molecule has 2 N–H and O–H groups in total. The molecule has 1 saturated heterocycles. The largest absolute Gasteiger partial charge is 0.399 e. The van der Waals surface area contributed by atoms with Crippen molar-refractivity contribution in [1.29, 1.82) is 0 Å². The number of hydrogen-bond donors (Lipinski definition) is 1. The lowest BCUT2D eigenvalue weighted by molar-refractivity contribution is 0.0628. The zero-order chi connectivity index (χ0) is 14.3. The minimum atomic E-state index is 0.170. The number of benzene rings is 1. The van der Waals surface area contributed by atoms with E-state index in [1.165, 1.54) is 6.42 Å². The van der Waals surface area contributed by atoms with Gasteiger partial charge in [0.15, 0.2) is 0 Å². The normalized spacial score (nSPS) is 23.2. The van der Waals surface area contributed by atoms with Crippen molar-refractivity contribution in [3.8, 4) is 0 Å². The molecular weight excluding hydrogens is 268 g/mol. The Balaban J connectivity index is 1.88. The molecule has 0 bridgehead atoms. The topological polar surface area (TPSA) is 46.3 Å². The summed E-state index contributed by atoms with van der Waals surface area (Å²) in [7, 11) is 0. The number of nitrogens with two attached hydrogens (primary N) is 1. The van der Waals surface area contributed by atoms with Crippen molar-refractivity contribution in [3.63, 3.8) is 0 Å². The number of carbonyl (C=O) groups is 1. The van der Waals surface area contributed by atoms with Crippen molar-refractivity contribution in [2.45, 2.75) is 20.3 Å². The number of fused-ring (bicyclic) bond motifs is 1. The summed E-state index contributed by atoms with van der Waals surface area (Å²) in [5, 5.41) is 1.07. The molecule has 2 heterocycles. The molecule has 0 spiro atoms.